The molecule has 1 amide bonds. The maximum Gasteiger partial charge on any atom is 0.273 e. The van der Waals surface area contributed by atoms with Crippen LogP contribution in [0.15, 0.2) is 29.6 Å². The first-order valence-corrected chi connectivity index (χ1v) is 9.93. The summed E-state index contributed by atoms with van der Waals surface area (Å²) in [6.45, 7) is 2.18. The van der Waals surface area contributed by atoms with Crippen molar-refractivity contribution in [2.45, 2.75) is 51.1 Å². The molecule has 1 aliphatic carbocycles. The molecule has 0 radical (unpaired) electrons. The van der Waals surface area contributed by atoms with Gasteiger partial charge in [-0.15, -0.1) is 11.3 Å². The lowest BCUT2D eigenvalue weighted by atomic mass is 9.85. The number of amides is 1. The minimum absolute atomic E-state index is 0.105. The largest absolute Gasteiger partial charge is 0.331 e. The van der Waals surface area contributed by atoms with Gasteiger partial charge in [0.25, 0.3) is 5.91 Å². The molecule has 1 aromatic carbocycles. The molecule has 0 spiro atoms. The van der Waals surface area contributed by atoms with E-state index in [2.05, 4.69) is 16.8 Å². The molecule has 3 nitrogen and oxygen atoms in total. The Morgan fingerprint density at radius 3 is 2.79 bits per heavy atom. The standard InChI is InChI=1S/C19H21ClN2OS/c1-12-10-14-4-2-3-5-17(14)22(12)19(23)16-11-24-18(21-16)13-6-8-15(20)9-7-13/h6-9,11-12,14,17H,2-5,10H2,1H3. The highest BCUT2D eigenvalue weighted by Gasteiger charge is 2.43. The van der Waals surface area contributed by atoms with Crippen molar-refractivity contribution in [2.24, 2.45) is 5.92 Å². The first-order valence-electron chi connectivity index (χ1n) is 8.67. The fourth-order valence-electron chi connectivity index (χ4n) is 4.29. The smallest absolute Gasteiger partial charge is 0.273 e. The van der Waals surface area contributed by atoms with E-state index in [-0.39, 0.29) is 5.91 Å². The second-order valence-electron chi connectivity index (χ2n) is 6.95. The number of likely N-dealkylation sites (tertiary alicyclic amines) is 1. The van der Waals surface area contributed by atoms with Gasteiger partial charge >= 0.3 is 0 Å². The maximum absolute atomic E-state index is 13.1. The van der Waals surface area contributed by atoms with Crippen molar-refractivity contribution in [3.8, 4) is 10.6 Å². The summed E-state index contributed by atoms with van der Waals surface area (Å²) in [5.74, 6) is 0.792. The van der Waals surface area contributed by atoms with Crippen LogP contribution in [0.3, 0.4) is 0 Å². The van der Waals surface area contributed by atoms with Gasteiger partial charge in [-0.2, -0.15) is 0 Å². The van der Waals surface area contributed by atoms with E-state index in [0.29, 0.717) is 28.7 Å². The monoisotopic (exact) mass is 360 g/mol. The molecule has 1 saturated carbocycles. The normalized spacial score (nSPS) is 26.4. The van der Waals surface area contributed by atoms with Gasteiger partial charge in [0.15, 0.2) is 0 Å². The van der Waals surface area contributed by atoms with Gasteiger partial charge in [-0.3, -0.25) is 4.79 Å². The summed E-state index contributed by atoms with van der Waals surface area (Å²) in [4.78, 5) is 19.8. The van der Waals surface area contributed by atoms with Crippen molar-refractivity contribution in [3.63, 3.8) is 0 Å². The topological polar surface area (TPSA) is 33.2 Å². The van der Waals surface area contributed by atoms with Crippen LogP contribution >= 0.6 is 22.9 Å². The summed E-state index contributed by atoms with van der Waals surface area (Å²) in [6.07, 6.45) is 6.11. The SMILES string of the molecule is CC1CC2CCCCC2N1C(=O)c1csc(-c2ccc(Cl)cc2)n1. The molecule has 4 rings (SSSR count). The van der Waals surface area contributed by atoms with Gasteiger partial charge in [-0.05, 0) is 44.2 Å². The Labute approximate surface area is 151 Å². The van der Waals surface area contributed by atoms with E-state index in [9.17, 15) is 4.79 Å². The summed E-state index contributed by atoms with van der Waals surface area (Å²) in [6, 6.07) is 8.35. The molecule has 1 aliphatic heterocycles. The van der Waals surface area contributed by atoms with Gasteiger partial charge in [0.05, 0.1) is 0 Å². The molecular formula is C19H21ClN2OS. The lowest BCUT2D eigenvalue weighted by molar-refractivity contribution is 0.0628. The number of carbonyl (C=O) groups excluding carboxylic acids is 1. The van der Waals surface area contributed by atoms with Crippen LogP contribution in [-0.2, 0) is 0 Å². The lowest BCUT2D eigenvalue weighted by Gasteiger charge is -2.32. The number of fused-ring (bicyclic) bond motifs is 1. The molecule has 3 unspecified atom stereocenters. The zero-order valence-electron chi connectivity index (χ0n) is 13.7. The van der Waals surface area contributed by atoms with Gasteiger partial charge in [-0.1, -0.05) is 36.6 Å². The molecule has 5 heteroatoms. The number of nitrogens with zero attached hydrogens (tertiary/aromatic N) is 2. The van der Waals surface area contributed by atoms with E-state index < -0.39 is 0 Å². The fraction of sp³-hybridized carbons (Fsp3) is 0.474. The third kappa shape index (κ3) is 2.86. The van der Waals surface area contributed by atoms with Gasteiger partial charge in [0, 0.05) is 28.0 Å². The van der Waals surface area contributed by atoms with Crippen LogP contribution in [0.25, 0.3) is 10.6 Å². The van der Waals surface area contributed by atoms with Crippen LogP contribution in [0.5, 0.6) is 0 Å². The number of benzene rings is 1. The van der Waals surface area contributed by atoms with E-state index in [4.69, 9.17) is 11.6 Å². The molecule has 2 aliphatic rings. The Morgan fingerprint density at radius 2 is 2.00 bits per heavy atom. The summed E-state index contributed by atoms with van der Waals surface area (Å²) in [5.41, 5.74) is 1.59. The van der Waals surface area contributed by atoms with E-state index in [0.717, 1.165) is 23.4 Å². The van der Waals surface area contributed by atoms with Crippen molar-refractivity contribution in [3.05, 3.63) is 40.4 Å². The Bertz CT molecular complexity index is 742. The third-order valence-electron chi connectivity index (χ3n) is 5.39. The number of hydrogen-bond donors (Lipinski definition) is 0. The molecular weight excluding hydrogens is 340 g/mol. The van der Waals surface area contributed by atoms with E-state index in [1.54, 1.807) is 0 Å². The first-order chi connectivity index (χ1) is 11.6. The Kier molecular flexibility index (Phi) is 4.35. The van der Waals surface area contributed by atoms with Gasteiger partial charge in [0.2, 0.25) is 0 Å². The molecule has 1 aromatic heterocycles. The molecule has 0 N–H and O–H groups in total. The maximum atomic E-state index is 13.1. The minimum atomic E-state index is 0.105. The molecule has 0 bridgehead atoms. The van der Waals surface area contributed by atoms with Gasteiger partial charge in [0.1, 0.15) is 10.7 Å². The summed E-state index contributed by atoms with van der Waals surface area (Å²) in [7, 11) is 0. The van der Waals surface area contributed by atoms with Crippen LogP contribution in [0.1, 0.15) is 49.5 Å². The van der Waals surface area contributed by atoms with Crippen molar-refractivity contribution < 1.29 is 4.79 Å². The second kappa shape index (κ2) is 6.49. The lowest BCUT2D eigenvalue weighted by Crippen LogP contribution is -2.42. The highest BCUT2D eigenvalue weighted by atomic mass is 35.5. The first kappa shape index (κ1) is 16.1. The van der Waals surface area contributed by atoms with E-state index in [1.807, 2.05) is 29.6 Å². The van der Waals surface area contributed by atoms with Gasteiger partial charge < -0.3 is 4.90 Å². The fourth-order valence-corrected chi connectivity index (χ4v) is 5.21. The summed E-state index contributed by atoms with van der Waals surface area (Å²) in [5, 5.41) is 3.48. The second-order valence-corrected chi connectivity index (χ2v) is 8.25. The Balaban J connectivity index is 1.57. The number of carbonyl (C=O) groups is 1. The van der Waals surface area contributed by atoms with Crippen molar-refractivity contribution >= 4 is 28.8 Å². The van der Waals surface area contributed by atoms with Crippen LogP contribution in [0.4, 0.5) is 0 Å². The highest BCUT2D eigenvalue weighted by molar-refractivity contribution is 7.13. The van der Waals surface area contributed by atoms with E-state index in [1.165, 1.54) is 30.6 Å². The summed E-state index contributed by atoms with van der Waals surface area (Å²) >= 11 is 7.47. The van der Waals surface area contributed by atoms with Crippen molar-refractivity contribution in [1.82, 2.24) is 9.88 Å². The summed E-state index contributed by atoms with van der Waals surface area (Å²) < 4.78 is 0. The van der Waals surface area contributed by atoms with Crippen molar-refractivity contribution in [1.29, 1.82) is 0 Å². The molecule has 2 aromatic rings. The minimum Gasteiger partial charge on any atom is -0.331 e. The Morgan fingerprint density at radius 1 is 1.25 bits per heavy atom. The Hall–Kier alpha value is -1.39. The average molecular weight is 361 g/mol. The molecule has 24 heavy (non-hydrogen) atoms. The quantitative estimate of drug-likeness (QED) is 0.732. The highest BCUT2D eigenvalue weighted by Crippen LogP contribution is 2.40. The average Bonchev–Trinajstić information content (AvgIpc) is 3.19. The molecule has 2 fully saturated rings. The van der Waals surface area contributed by atoms with Crippen LogP contribution in [0.2, 0.25) is 5.02 Å². The molecule has 2 heterocycles. The molecule has 126 valence electrons. The third-order valence-corrected chi connectivity index (χ3v) is 6.54. The number of thiazole rings is 1. The number of halogens is 1. The predicted molar refractivity (Wildman–Crippen MR) is 98.6 cm³/mol. The number of aromatic nitrogens is 1. The molecule has 1 saturated heterocycles. The number of hydrogen-bond acceptors (Lipinski definition) is 3. The van der Waals surface area contributed by atoms with Crippen LogP contribution in [0, 0.1) is 5.92 Å². The van der Waals surface area contributed by atoms with Crippen LogP contribution < -0.4 is 0 Å². The van der Waals surface area contributed by atoms with Gasteiger partial charge in [-0.25, -0.2) is 4.98 Å². The van der Waals surface area contributed by atoms with E-state index >= 15 is 0 Å². The number of rotatable bonds is 2. The van der Waals surface area contributed by atoms with Crippen LogP contribution in [-0.4, -0.2) is 27.9 Å². The predicted octanol–water partition coefficient (Wildman–Crippen LogP) is 5.26. The molecule has 3 atom stereocenters. The zero-order chi connectivity index (χ0) is 16.7. The van der Waals surface area contributed by atoms with Crippen molar-refractivity contribution in [2.75, 3.05) is 0 Å². The zero-order valence-corrected chi connectivity index (χ0v) is 15.3.